The van der Waals surface area contributed by atoms with Crippen LogP contribution in [0.1, 0.15) is 10.4 Å². The van der Waals surface area contributed by atoms with Gasteiger partial charge in [0.25, 0.3) is 0 Å². The third-order valence-electron chi connectivity index (χ3n) is 2.24. The Balaban J connectivity index is 2.35. The minimum absolute atomic E-state index is 0.0716. The monoisotopic (exact) mass is 316 g/mol. The molecule has 0 heterocycles. The van der Waals surface area contributed by atoms with Crippen LogP contribution in [-0.2, 0) is 4.74 Å². The molecule has 0 aliphatic carbocycles. The van der Waals surface area contributed by atoms with Crippen molar-refractivity contribution >= 4 is 45.1 Å². The molecule has 1 rings (SSSR count). The van der Waals surface area contributed by atoms with Crippen LogP contribution in [0.2, 0.25) is 0 Å². The second-order valence-corrected chi connectivity index (χ2v) is 6.81. The fraction of sp³-hybridized carbons (Fsp3) is 0.385. The molecule has 0 spiro atoms. The molecule has 1 aromatic carbocycles. The van der Waals surface area contributed by atoms with Crippen molar-refractivity contribution in [2.45, 2.75) is 0 Å². The molecule has 0 aliphatic rings. The highest BCUT2D eigenvalue weighted by Crippen LogP contribution is 2.19. The quantitative estimate of drug-likeness (QED) is 0.436. The molecule has 0 N–H and O–H groups in total. The van der Waals surface area contributed by atoms with Crippen LogP contribution in [0.3, 0.4) is 0 Å². The summed E-state index contributed by atoms with van der Waals surface area (Å²) in [4.78, 5) is 11.9. The first-order chi connectivity index (χ1) is 9.17. The number of hydrogen-bond acceptors (Lipinski definition) is 6. The molecule has 19 heavy (non-hydrogen) atoms. The molecule has 0 unspecified atom stereocenters. The summed E-state index contributed by atoms with van der Waals surface area (Å²) in [5, 5.41) is 0. The molecular formula is C13H16O3S3. The Morgan fingerprint density at radius 2 is 1.89 bits per heavy atom. The first-order valence-corrected chi connectivity index (χ1v) is 8.01. The molecule has 0 amide bonds. The van der Waals surface area contributed by atoms with E-state index < -0.39 is 0 Å². The van der Waals surface area contributed by atoms with Crippen molar-refractivity contribution in [3.05, 3.63) is 29.8 Å². The van der Waals surface area contributed by atoms with Gasteiger partial charge in [0, 0.05) is 18.4 Å². The van der Waals surface area contributed by atoms with Crippen LogP contribution in [0.5, 0.6) is 5.75 Å². The number of thiocarbonyl (C=S) groups is 1. The molecule has 0 atom stereocenters. The highest BCUT2D eigenvalue weighted by molar-refractivity contribution is 8.47. The number of ketones is 1. The van der Waals surface area contributed by atoms with E-state index in [4.69, 9.17) is 21.7 Å². The minimum atomic E-state index is 0.0716. The molecular weight excluding hydrogens is 300 g/mol. The van der Waals surface area contributed by atoms with Crippen LogP contribution in [0.15, 0.2) is 24.3 Å². The van der Waals surface area contributed by atoms with E-state index in [-0.39, 0.29) is 5.78 Å². The highest BCUT2D eigenvalue weighted by Gasteiger charge is 2.08. The number of carbonyl (C=O) groups excluding carboxylic acids is 1. The van der Waals surface area contributed by atoms with Crippen molar-refractivity contribution in [1.82, 2.24) is 0 Å². The number of rotatable bonds is 7. The lowest BCUT2D eigenvalue weighted by Crippen LogP contribution is -2.04. The third-order valence-corrected chi connectivity index (χ3v) is 4.90. The van der Waals surface area contributed by atoms with E-state index in [0.29, 0.717) is 17.9 Å². The summed E-state index contributed by atoms with van der Waals surface area (Å²) in [7, 11) is 3.26. The Morgan fingerprint density at radius 1 is 1.21 bits per heavy atom. The van der Waals surface area contributed by atoms with Gasteiger partial charge in [-0.1, -0.05) is 24.0 Å². The number of ether oxygens (including phenoxy) is 2. The third kappa shape index (κ3) is 6.42. The van der Waals surface area contributed by atoms with E-state index in [1.165, 1.54) is 11.8 Å². The number of methoxy groups -OCH3 is 2. The normalized spacial score (nSPS) is 10.2. The van der Waals surface area contributed by atoms with Crippen LogP contribution in [0.4, 0.5) is 0 Å². The van der Waals surface area contributed by atoms with Crippen molar-refractivity contribution in [2.24, 2.45) is 0 Å². The van der Waals surface area contributed by atoms with Gasteiger partial charge >= 0.3 is 0 Å². The minimum Gasteiger partial charge on any atom is -0.497 e. The Labute approximate surface area is 127 Å². The zero-order chi connectivity index (χ0) is 14.1. The maximum Gasteiger partial charge on any atom is 0.173 e. The summed E-state index contributed by atoms with van der Waals surface area (Å²) >= 11 is 8.11. The summed E-state index contributed by atoms with van der Waals surface area (Å²) in [6, 6.07) is 7.10. The van der Waals surface area contributed by atoms with E-state index in [1.807, 2.05) is 0 Å². The Hall–Kier alpha value is -0.560. The van der Waals surface area contributed by atoms with Gasteiger partial charge < -0.3 is 9.47 Å². The van der Waals surface area contributed by atoms with Crippen LogP contribution < -0.4 is 4.74 Å². The Kier molecular flexibility index (Phi) is 8.13. The van der Waals surface area contributed by atoms with Crippen molar-refractivity contribution in [3.63, 3.8) is 0 Å². The predicted octanol–water partition coefficient (Wildman–Crippen LogP) is 3.28. The molecule has 0 saturated carbocycles. The van der Waals surface area contributed by atoms with Crippen molar-refractivity contribution in [1.29, 1.82) is 0 Å². The van der Waals surface area contributed by atoms with E-state index in [2.05, 4.69) is 0 Å². The van der Waals surface area contributed by atoms with Gasteiger partial charge in [0.05, 0.1) is 19.5 Å². The van der Waals surface area contributed by atoms with Gasteiger partial charge in [-0.2, -0.15) is 0 Å². The van der Waals surface area contributed by atoms with Gasteiger partial charge in [0.2, 0.25) is 0 Å². The number of Topliss-reactive ketones (excluding diaryl/α,β-unsaturated/α-hetero) is 1. The van der Waals surface area contributed by atoms with E-state index in [9.17, 15) is 4.79 Å². The molecule has 0 radical (unpaired) electrons. The molecule has 104 valence electrons. The number of carbonyl (C=O) groups is 1. The Morgan fingerprint density at radius 3 is 2.47 bits per heavy atom. The van der Waals surface area contributed by atoms with E-state index >= 15 is 0 Å². The summed E-state index contributed by atoms with van der Waals surface area (Å²) in [5.74, 6) is 2.00. The molecule has 0 bridgehead atoms. The SMILES string of the molecule is COCCSC(=S)SCC(=O)c1ccc(OC)cc1. The van der Waals surface area contributed by atoms with Gasteiger partial charge in [0.15, 0.2) is 5.78 Å². The van der Waals surface area contributed by atoms with Crippen LogP contribution in [-0.4, -0.2) is 41.6 Å². The summed E-state index contributed by atoms with van der Waals surface area (Å²) in [6.07, 6.45) is 0. The molecule has 0 aromatic heterocycles. The van der Waals surface area contributed by atoms with Crippen LogP contribution in [0.25, 0.3) is 0 Å². The van der Waals surface area contributed by atoms with Gasteiger partial charge in [-0.3, -0.25) is 4.79 Å². The fourth-order valence-electron chi connectivity index (χ4n) is 1.23. The molecule has 0 fully saturated rings. The zero-order valence-corrected chi connectivity index (χ0v) is 13.3. The maximum atomic E-state index is 11.9. The molecule has 0 saturated heterocycles. The van der Waals surface area contributed by atoms with Crippen molar-refractivity contribution < 1.29 is 14.3 Å². The smallest absolute Gasteiger partial charge is 0.173 e. The summed E-state index contributed by atoms with van der Waals surface area (Å²) < 4.78 is 10.8. The van der Waals surface area contributed by atoms with Gasteiger partial charge in [-0.05, 0) is 24.3 Å². The average Bonchev–Trinajstić information content (AvgIpc) is 2.45. The number of hydrogen-bond donors (Lipinski definition) is 0. The summed E-state index contributed by atoms with van der Waals surface area (Å²) in [5.41, 5.74) is 0.679. The molecule has 1 aromatic rings. The Bertz CT molecular complexity index is 418. The first kappa shape index (κ1) is 16.5. The van der Waals surface area contributed by atoms with Gasteiger partial charge in [-0.25, -0.2) is 0 Å². The molecule has 6 heteroatoms. The molecule has 3 nitrogen and oxygen atoms in total. The average molecular weight is 316 g/mol. The number of thioether (sulfide) groups is 2. The van der Waals surface area contributed by atoms with Gasteiger partial charge in [-0.15, -0.1) is 11.8 Å². The first-order valence-electron chi connectivity index (χ1n) is 5.63. The van der Waals surface area contributed by atoms with Crippen LogP contribution in [0, 0.1) is 0 Å². The van der Waals surface area contributed by atoms with Crippen molar-refractivity contribution in [2.75, 3.05) is 32.3 Å². The second-order valence-electron chi connectivity index (χ2n) is 3.53. The second kappa shape index (κ2) is 9.36. The lowest BCUT2D eigenvalue weighted by atomic mass is 10.1. The highest BCUT2D eigenvalue weighted by atomic mass is 32.2. The van der Waals surface area contributed by atoms with Gasteiger partial charge in [0.1, 0.15) is 9.28 Å². The predicted molar refractivity (Wildman–Crippen MR) is 86.7 cm³/mol. The van der Waals surface area contributed by atoms with Crippen LogP contribution >= 0.6 is 35.7 Å². The standard InChI is InChI=1S/C13H16O3S3/c1-15-7-8-18-13(17)19-9-12(14)10-3-5-11(16-2)6-4-10/h3-6H,7-9H2,1-2H3. The largest absolute Gasteiger partial charge is 0.497 e. The van der Waals surface area contributed by atoms with E-state index in [1.54, 1.807) is 50.2 Å². The maximum absolute atomic E-state index is 11.9. The van der Waals surface area contributed by atoms with Crippen molar-refractivity contribution in [3.8, 4) is 5.75 Å². The topological polar surface area (TPSA) is 35.5 Å². The number of benzene rings is 1. The lowest BCUT2D eigenvalue weighted by molar-refractivity contribution is 0.102. The molecule has 0 aliphatic heterocycles. The summed E-state index contributed by atoms with van der Waals surface area (Å²) in [6.45, 7) is 0.664. The zero-order valence-electron chi connectivity index (χ0n) is 10.9. The fourth-order valence-corrected chi connectivity index (χ4v) is 3.25. The lowest BCUT2D eigenvalue weighted by Gasteiger charge is -2.04. The van der Waals surface area contributed by atoms with E-state index in [0.717, 1.165) is 15.0 Å².